The number of nitrogens with zero attached hydrogens (tertiary/aromatic N) is 1. The van der Waals surface area contributed by atoms with Crippen molar-refractivity contribution in [2.45, 2.75) is 0 Å². The smallest absolute Gasteiger partial charge is 0.116 e. The largest absolute Gasteiger partial charge is 0.388 e. The predicted molar refractivity (Wildman–Crippen MR) is 75.0 cm³/mol. The van der Waals surface area contributed by atoms with Gasteiger partial charge in [0.15, 0.2) is 0 Å². The lowest BCUT2D eigenvalue weighted by molar-refractivity contribution is 1.40. The van der Waals surface area contributed by atoms with Crippen LogP contribution in [-0.4, -0.2) is 12.0 Å². The zero-order valence-corrected chi connectivity index (χ0v) is 10.3. The molecule has 0 saturated carbocycles. The second-order valence-corrected chi connectivity index (χ2v) is 4.29. The molecule has 1 aromatic heterocycles. The molecular formula is C14H12N2S. The number of hydrogen-bond donors (Lipinski definition) is 1. The van der Waals surface area contributed by atoms with Gasteiger partial charge in [-0.05, 0) is 24.3 Å². The van der Waals surface area contributed by atoms with Crippen molar-refractivity contribution in [3.05, 3.63) is 45.9 Å². The van der Waals surface area contributed by atoms with Gasteiger partial charge in [0.1, 0.15) is 5.01 Å². The van der Waals surface area contributed by atoms with Gasteiger partial charge in [0.05, 0.1) is 0 Å². The first-order valence-electron chi connectivity index (χ1n) is 5.20. The average molecular weight is 240 g/mol. The van der Waals surface area contributed by atoms with E-state index in [-0.39, 0.29) is 0 Å². The number of thiazole rings is 1. The van der Waals surface area contributed by atoms with Gasteiger partial charge < -0.3 is 5.32 Å². The van der Waals surface area contributed by atoms with E-state index in [1.807, 2.05) is 42.8 Å². The van der Waals surface area contributed by atoms with Gasteiger partial charge in [-0.2, -0.15) is 0 Å². The minimum Gasteiger partial charge on any atom is -0.388 e. The maximum Gasteiger partial charge on any atom is 0.116 e. The van der Waals surface area contributed by atoms with E-state index in [1.165, 1.54) is 0 Å². The molecule has 0 atom stereocenters. The molecule has 2 nitrogen and oxygen atoms in total. The molecule has 0 amide bonds. The summed E-state index contributed by atoms with van der Waals surface area (Å²) in [5, 5.41) is 6.06. The first-order valence-corrected chi connectivity index (χ1v) is 6.08. The van der Waals surface area contributed by atoms with Crippen LogP contribution in [0.3, 0.4) is 0 Å². The van der Waals surface area contributed by atoms with Crippen LogP contribution in [0.15, 0.2) is 29.8 Å². The molecule has 84 valence electrons. The highest BCUT2D eigenvalue weighted by Crippen LogP contribution is 2.22. The van der Waals surface area contributed by atoms with Crippen LogP contribution in [0.5, 0.6) is 0 Å². The third kappa shape index (κ3) is 2.55. The second kappa shape index (κ2) is 5.33. The molecule has 0 fully saturated rings. The fourth-order valence-corrected chi connectivity index (χ4v) is 2.09. The average Bonchev–Trinajstić information content (AvgIpc) is 2.88. The minimum atomic E-state index is 0.879. The third-order valence-electron chi connectivity index (χ3n) is 2.37. The topological polar surface area (TPSA) is 24.9 Å². The van der Waals surface area contributed by atoms with E-state index in [0.717, 1.165) is 21.8 Å². The van der Waals surface area contributed by atoms with E-state index in [1.54, 1.807) is 17.5 Å². The Bertz CT molecular complexity index is 562. The molecule has 1 heterocycles. The van der Waals surface area contributed by atoms with Crippen LogP contribution in [0.25, 0.3) is 12.2 Å². The molecule has 0 bridgehead atoms. The number of rotatable bonds is 3. The van der Waals surface area contributed by atoms with Crippen molar-refractivity contribution >= 4 is 29.2 Å². The van der Waals surface area contributed by atoms with Crippen molar-refractivity contribution in [2.75, 3.05) is 12.4 Å². The predicted octanol–water partition coefficient (Wildman–Crippen LogP) is 3.34. The van der Waals surface area contributed by atoms with Gasteiger partial charge in [-0.15, -0.1) is 17.8 Å². The SMILES string of the molecule is C#Cc1cccc(NC)c1/C=C/c1nccs1. The zero-order valence-electron chi connectivity index (χ0n) is 9.47. The summed E-state index contributed by atoms with van der Waals surface area (Å²) in [7, 11) is 1.89. The lowest BCUT2D eigenvalue weighted by Gasteiger charge is -2.07. The third-order valence-corrected chi connectivity index (χ3v) is 3.12. The van der Waals surface area contributed by atoms with Crippen molar-refractivity contribution in [1.29, 1.82) is 0 Å². The van der Waals surface area contributed by atoms with Crippen molar-refractivity contribution in [3.8, 4) is 12.3 Å². The van der Waals surface area contributed by atoms with Crippen LogP contribution >= 0.6 is 11.3 Å². The Morgan fingerprint density at radius 1 is 1.41 bits per heavy atom. The molecule has 0 saturated heterocycles. The Hall–Kier alpha value is -2.05. The maximum absolute atomic E-state index is 5.50. The molecule has 1 aromatic carbocycles. The van der Waals surface area contributed by atoms with Crippen LogP contribution in [-0.2, 0) is 0 Å². The fourth-order valence-electron chi connectivity index (χ4n) is 1.56. The Morgan fingerprint density at radius 2 is 2.29 bits per heavy atom. The van der Waals surface area contributed by atoms with Gasteiger partial charge in [0, 0.05) is 35.4 Å². The minimum absolute atomic E-state index is 0.879. The highest BCUT2D eigenvalue weighted by atomic mass is 32.1. The molecule has 0 radical (unpaired) electrons. The van der Waals surface area contributed by atoms with E-state index in [9.17, 15) is 0 Å². The number of aromatic nitrogens is 1. The Labute approximate surface area is 105 Å². The first-order chi connectivity index (χ1) is 8.35. The fraction of sp³-hybridized carbons (Fsp3) is 0.0714. The van der Waals surface area contributed by atoms with Crippen LogP contribution in [0, 0.1) is 12.3 Å². The molecule has 0 aliphatic rings. The second-order valence-electron chi connectivity index (χ2n) is 3.36. The van der Waals surface area contributed by atoms with Crippen molar-refractivity contribution in [3.63, 3.8) is 0 Å². The summed E-state index contributed by atoms with van der Waals surface area (Å²) in [6.45, 7) is 0. The normalized spacial score (nSPS) is 10.4. The van der Waals surface area contributed by atoms with Crippen molar-refractivity contribution in [2.24, 2.45) is 0 Å². The highest BCUT2D eigenvalue weighted by Gasteiger charge is 2.02. The lowest BCUT2D eigenvalue weighted by atomic mass is 10.1. The van der Waals surface area contributed by atoms with E-state index < -0.39 is 0 Å². The first kappa shape index (κ1) is 11.4. The molecule has 17 heavy (non-hydrogen) atoms. The maximum atomic E-state index is 5.50. The number of benzene rings is 1. The summed E-state index contributed by atoms with van der Waals surface area (Å²) in [5.41, 5.74) is 2.92. The van der Waals surface area contributed by atoms with Crippen LogP contribution < -0.4 is 5.32 Å². The van der Waals surface area contributed by atoms with E-state index >= 15 is 0 Å². The van der Waals surface area contributed by atoms with Crippen molar-refractivity contribution in [1.82, 2.24) is 4.98 Å². The van der Waals surface area contributed by atoms with E-state index in [4.69, 9.17) is 6.42 Å². The van der Waals surface area contributed by atoms with E-state index in [0.29, 0.717) is 0 Å². The van der Waals surface area contributed by atoms with Crippen LogP contribution in [0.4, 0.5) is 5.69 Å². The summed E-state index contributed by atoms with van der Waals surface area (Å²) in [6.07, 6.45) is 11.3. The monoisotopic (exact) mass is 240 g/mol. The van der Waals surface area contributed by atoms with Crippen LogP contribution in [0.1, 0.15) is 16.1 Å². The number of hydrogen-bond acceptors (Lipinski definition) is 3. The Balaban J connectivity index is 2.41. The summed E-state index contributed by atoms with van der Waals surface area (Å²) in [6, 6.07) is 5.88. The summed E-state index contributed by atoms with van der Waals surface area (Å²) >= 11 is 1.60. The van der Waals surface area contributed by atoms with E-state index in [2.05, 4.69) is 16.2 Å². The van der Waals surface area contributed by atoms with Gasteiger partial charge >= 0.3 is 0 Å². The molecule has 0 aliphatic heterocycles. The molecular weight excluding hydrogens is 228 g/mol. The molecule has 0 aliphatic carbocycles. The van der Waals surface area contributed by atoms with Gasteiger partial charge in [0.2, 0.25) is 0 Å². The zero-order chi connectivity index (χ0) is 12.1. The summed E-state index contributed by atoms with van der Waals surface area (Å²) < 4.78 is 0. The molecule has 0 unspecified atom stereocenters. The van der Waals surface area contributed by atoms with Crippen LogP contribution in [0.2, 0.25) is 0 Å². The number of terminal acetylenes is 1. The Morgan fingerprint density at radius 3 is 2.94 bits per heavy atom. The van der Waals surface area contributed by atoms with Gasteiger partial charge in [0.25, 0.3) is 0 Å². The quantitative estimate of drug-likeness (QED) is 0.832. The number of nitrogens with one attached hydrogen (secondary N) is 1. The van der Waals surface area contributed by atoms with Gasteiger partial charge in [-0.25, -0.2) is 4.98 Å². The number of anilines is 1. The summed E-state index contributed by atoms with van der Waals surface area (Å²) in [4.78, 5) is 4.20. The molecule has 1 N–H and O–H groups in total. The standard InChI is InChI=1S/C14H12N2S/c1-3-11-5-4-6-13(15-2)12(11)7-8-14-16-9-10-17-14/h1,4-10,15H,2H3/b8-7+. The summed E-state index contributed by atoms with van der Waals surface area (Å²) in [5.74, 6) is 2.69. The molecule has 2 aromatic rings. The molecule has 0 spiro atoms. The lowest BCUT2D eigenvalue weighted by Crippen LogP contribution is -1.93. The van der Waals surface area contributed by atoms with Gasteiger partial charge in [-0.3, -0.25) is 0 Å². The van der Waals surface area contributed by atoms with Gasteiger partial charge in [-0.1, -0.05) is 12.0 Å². The Kier molecular flexibility index (Phi) is 3.59. The van der Waals surface area contributed by atoms with Crippen molar-refractivity contribution < 1.29 is 0 Å². The molecule has 3 heteroatoms. The highest BCUT2D eigenvalue weighted by molar-refractivity contribution is 7.10. The molecule has 2 rings (SSSR count).